The Bertz CT molecular complexity index is 3640. The molecule has 0 atom stereocenters. The van der Waals surface area contributed by atoms with Crippen molar-refractivity contribution in [1.82, 2.24) is 9.55 Å². The first-order valence-electron chi connectivity index (χ1n) is 21.6. The van der Waals surface area contributed by atoms with Gasteiger partial charge in [0.2, 0.25) is 0 Å². The average Bonchev–Trinajstić information content (AvgIpc) is 3.77. The third-order valence-corrected chi connectivity index (χ3v) is 12.6. The minimum absolute atomic E-state index is 0.897. The van der Waals surface area contributed by atoms with Gasteiger partial charge in [-0.25, -0.2) is 4.98 Å². The Labute approximate surface area is 366 Å². The van der Waals surface area contributed by atoms with Crippen molar-refractivity contribution in [3.05, 3.63) is 243 Å². The van der Waals surface area contributed by atoms with E-state index in [0.29, 0.717) is 0 Å². The van der Waals surface area contributed by atoms with Crippen LogP contribution in [0.2, 0.25) is 0 Å². The largest absolute Gasteiger partial charge is 0.292 e. The van der Waals surface area contributed by atoms with Gasteiger partial charge in [-0.05, 0) is 107 Å². The van der Waals surface area contributed by atoms with E-state index < -0.39 is 0 Å². The summed E-state index contributed by atoms with van der Waals surface area (Å²) in [6.07, 6.45) is 0. The topological polar surface area (TPSA) is 17.8 Å². The average molecular weight is 801 g/mol. The predicted octanol–water partition coefficient (Wildman–Crippen LogP) is 16.5. The van der Waals surface area contributed by atoms with Gasteiger partial charge in [-0.1, -0.05) is 212 Å². The first-order valence-corrected chi connectivity index (χ1v) is 21.6. The van der Waals surface area contributed by atoms with E-state index in [0.717, 1.165) is 50.7 Å². The van der Waals surface area contributed by atoms with Gasteiger partial charge in [0.05, 0.1) is 11.4 Å². The molecule has 1 aromatic heterocycles. The van der Waals surface area contributed by atoms with E-state index in [1.807, 2.05) is 0 Å². The molecule has 0 fully saturated rings. The van der Waals surface area contributed by atoms with Crippen LogP contribution in [0.25, 0.3) is 116 Å². The van der Waals surface area contributed by atoms with Gasteiger partial charge >= 0.3 is 0 Å². The van der Waals surface area contributed by atoms with Crippen molar-refractivity contribution in [2.24, 2.45) is 0 Å². The zero-order chi connectivity index (χ0) is 41.7. The highest BCUT2D eigenvalue weighted by atomic mass is 15.1. The zero-order valence-electron chi connectivity index (χ0n) is 34.5. The number of hydrogen-bond donors (Lipinski definition) is 0. The molecule has 12 aromatic rings. The highest BCUT2D eigenvalue weighted by Crippen LogP contribution is 2.46. The van der Waals surface area contributed by atoms with E-state index >= 15 is 0 Å². The second kappa shape index (κ2) is 15.3. The fourth-order valence-electron chi connectivity index (χ4n) is 9.58. The van der Waals surface area contributed by atoms with Crippen LogP contribution in [0.5, 0.6) is 0 Å². The summed E-state index contributed by atoms with van der Waals surface area (Å²) < 4.78 is 2.32. The summed E-state index contributed by atoms with van der Waals surface area (Å²) in [4.78, 5) is 5.46. The van der Waals surface area contributed by atoms with Crippen LogP contribution < -0.4 is 0 Å². The van der Waals surface area contributed by atoms with Crippen molar-refractivity contribution >= 4 is 43.1 Å². The van der Waals surface area contributed by atoms with Crippen LogP contribution in [-0.2, 0) is 0 Å². The summed E-state index contributed by atoms with van der Waals surface area (Å²) in [6.45, 7) is 0. The molecule has 0 saturated heterocycles. The quantitative estimate of drug-likeness (QED) is 0.147. The Balaban J connectivity index is 1.06. The Morgan fingerprint density at radius 2 is 0.714 bits per heavy atom. The maximum Gasteiger partial charge on any atom is 0.145 e. The van der Waals surface area contributed by atoms with Crippen molar-refractivity contribution in [1.29, 1.82) is 0 Å². The number of imidazole rings is 1. The molecule has 0 aliphatic heterocycles. The molecule has 0 N–H and O–H groups in total. The molecule has 0 aliphatic carbocycles. The lowest BCUT2D eigenvalue weighted by atomic mass is 9.84. The van der Waals surface area contributed by atoms with Crippen molar-refractivity contribution in [2.45, 2.75) is 0 Å². The highest BCUT2D eigenvalue weighted by molar-refractivity contribution is 6.22. The summed E-state index contributed by atoms with van der Waals surface area (Å²) in [6, 6.07) is 87.8. The van der Waals surface area contributed by atoms with E-state index in [9.17, 15) is 0 Å². The maximum atomic E-state index is 5.46. The second-order valence-corrected chi connectivity index (χ2v) is 16.3. The molecule has 0 aliphatic rings. The first kappa shape index (κ1) is 36.5. The summed E-state index contributed by atoms with van der Waals surface area (Å²) in [5.41, 5.74) is 13.6. The number of benzene rings is 11. The molecule has 2 heteroatoms. The lowest BCUT2D eigenvalue weighted by molar-refractivity contribution is 1.07. The van der Waals surface area contributed by atoms with Crippen molar-refractivity contribution < 1.29 is 0 Å². The van der Waals surface area contributed by atoms with Crippen LogP contribution in [0.3, 0.4) is 0 Å². The second-order valence-electron chi connectivity index (χ2n) is 16.3. The number of para-hydroxylation sites is 1. The highest BCUT2D eigenvalue weighted by Gasteiger charge is 2.23. The summed E-state index contributed by atoms with van der Waals surface area (Å²) in [5, 5.41) is 9.91. The summed E-state index contributed by atoms with van der Waals surface area (Å²) in [7, 11) is 0. The van der Waals surface area contributed by atoms with E-state index in [1.54, 1.807) is 0 Å². The van der Waals surface area contributed by atoms with E-state index in [4.69, 9.17) is 4.98 Å². The predicted molar refractivity (Wildman–Crippen MR) is 266 cm³/mol. The van der Waals surface area contributed by atoms with Gasteiger partial charge < -0.3 is 0 Å². The van der Waals surface area contributed by atoms with Gasteiger partial charge in [0.1, 0.15) is 5.82 Å². The minimum Gasteiger partial charge on any atom is -0.292 e. The van der Waals surface area contributed by atoms with Gasteiger partial charge in [0.15, 0.2) is 0 Å². The monoisotopic (exact) mass is 800 g/mol. The van der Waals surface area contributed by atoms with Gasteiger partial charge in [-0.2, -0.15) is 0 Å². The molecular formula is C61H40N2. The van der Waals surface area contributed by atoms with Crippen molar-refractivity contribution in [3.8, 4) is 73.0 Å². The molecule has 0 unspecified atom stereocenters. The standard InChI is InChI=1S/C61H40N2/c1-4-18-44(19-5-1)59-60(45-20-6-2-7-21-45)63(52-24-8-3-9-25-52)61(62-59)46-32-28-43(29-33-46)49-36-37-55-56(40-49)58(51-35-31-42-17-11-13-23-48(42)39-51)54-27-15-14-26-53(54)57(55)50-34-30-41-16-10-12-22-47(41)38-50/h1-40H. The normalized spacial score (nSPS) is 11.5. The molecule has 63 heavy (non-hydrogen) atoms. The van der Waals surface area contributed by atoms with Gasteiger partial charge in [0, 0.05) is 22.4 Å². The molecule has 0 amide bonds. The van der Waals surface area contributed by atoms with Crippen molar-refractivity contribution in [2.75, 3.05) is 0 Å². The molecule has 0 spiro atoms. The molecule has 294 valence electrons. The summed E-state index contributed by atoms with van der Waals surface area (Å²) >= 11 is 0. The Hall–Kier alpha value is -8.33. The van der Waals surface area contributed by atoms with Crippen molar-refractivity contribution in [3.63, 3.8) is 0 Å². The Morgan fingerprint density at radius 3 is 1.32 bits per heavy atom. The fourth-order valence-corrected chi connectivity index (χ4v) is 9.58. The molecule has 0 saturated carbocycles. The number of aromatic nitrogens is 2. The van der Waals surface area contributed by atoms with Crippen LogP contribution in [0.15, 0.2) is 243 Å². The number of hydrogen-bond acceptors (Lipinski definition) is 1. The molecule has 0 bridgehead atoms. The van der Waals surface area contributed by atoms with Crippen LogP contribution in [0.1, 0.15) is 0 Å². The lowest BCUT2D eigenvalue weighted by Gasteiger charge is -2.19. The molecule has 12 rings (SSSR count). The third kappa shape index (κ3) is 6.40. The lowest BCUT2D eigenvalue weighted by Crippen LogP contribution is -2.00. The molecule has 0 radical (unpaired) electrons. The summed E-state index contributed by atoms with van der Waals surface area (Å²) in [5.74, 6) is 0.897. The Kier molecular flexibility index (Phi) is 8.86. The zero-order valence-corrected chi connectivity index (χ0v) is 34.5. The Morgan fingerprint density at radius 1 is 0.270 bits per heavy atom. The first-order chi connectivity index (χ1) is 31.2. The van der Waals surface area contributed by atoms with Crippen LogP contribution in [0, 0.1) is 0 Å². The minimum atomic E-state index is 0.897. The maximum absolute atomic E-state index is 5.46. The molecule has 1 heterocycles. The number of rotatable bonds is 7. The third-order valence-electron chi connectivity index (χ3n) is 12.6. The van der Waals surface area contributed by atoms with Crippen LogP contribution >= 0.6 is 0 Å². The number of fused-ring (bicyclic) bond motifs is 4. The van der Waals surface area contributed by atoms with E-state index in [-0.39, 0.29) is 0 Å². The van der Waals surface area contributed by atoms with Gasteiger partial charge in [0.25, 0.3) is 0 Å². The molecule has 11 aromatic carbocycles. The number of nitrogens with zero attached hydrogens (tertiary/aromatic N) is 2. The molecular weight excluding hydrogens is 761 g/mol. The van der Waals surface area contributed by atoms with Gasteiger partial charge in [-0.3, -0.25) is 4.57 Å². The molecule has 2 nitrogen and oxygen atoms in total. The van der Waals surface area contributed by atoms with E-state index in [1.165, 1.54) is 65.3 Å². The van der Waals surface area contributed by atoms with E-state index in [2.05, 4.69) is 247 Å². The van der Waals surface area contributed by atoms with Crippen LogP contribution in [-0.4, -0.2) is 9.55 Å². The smallest absolute Gasteiger partial charge is 0.145 e. The van der Waals surface area contributed by atoms with Crippen LogP contribution in [0.4, 0.5) is 0 Å². The fraction of sp³-hybridized carbons (Fsp3) is 0. The SMILES string of the molecule is c1ccc(-c2nc(-c3ccc(-c4ccc5c(-c6ccc7ccccc7c6)c6ccccc6c(-c6ccc7ccccc7c6)c5c4)cc3)n(-c3ccccc3)c2-c2ccccc2)cc1. The van der Waals surface area contributed by atoms with Gasteiger partial charge in [-0.15, -0.1) is 0 Å².